The molecular formula is C13H15BrN2O2S. The van der Waals surface area contributed by atoms with Gasteiger partial charge in [0, 0.05) is 23.4 Å². The summed E-state index contributed by atoms with van der Waals surface area (Å²) in [6.45, 7) is 2.06. The number of nitrogens with one attached hydrogen (secondary N) is 1. The minimum Gasteiger partial charge on any atom is -0.353 e. The maximum Gasteiger partial charge on any atom is 0.241 e. The first-order valence-corrected chi connectivity index (χ1v) is 8.04. The van der Waals surface area contributed by atoms with Crippen LogP contribution in [0.4, 0.5) is 0 Å². The Morgan fingerprint density at radius 1 is 1.32 bits per heavy atom. The van der Waals surface area contributed by atoms with Crippen LogP contribution in [0, 0.1) is 6.92 Å². The quantitative estimate of drug-likeness (QED) is 0.928. The van der Waals surface area contributed by atoms with Crippen molar-refractivity contribution in [1.29, 1.82) is 0 Å². The highest BCUT2D eigenvalue weighted by molar-refractivity contribution is 9.10. The second kappa shape index (κ2) is 5.48. The number of halogens is 1. The van der Waals surface area contributed by atoms with Crippen molar-refractivity contribution in [2.45, 2.75) is 18.4 Å². The van der Waals surface area contributed by atoms with Crippen LogP contribution in [0.3, 0.4) is 0 Å². The van der Waals surface area contributed by atoms with Gasteiger partial charge in [0.2, 0.25) is 10.0 Å². The van der Waals surface area contributed by atoms with Crippen LogP contribution in [0.15, 0.2) is 45.9 Å². The summed E-state index contributed by atoms with van der Waals surface area (Å²) in [5.41, 5.74) is 1.64. The second-order valence-corrected chi connectivity index (χ2v) is 7.00. The molecular weight excluding hydrogens is 328 g/mol. The van der Waals surface area contributed by atoms with Crippen LogP contribution in [0.2, 0.25) is 0 Å². The van der Waals surface area contributed by atoms with Gasteiger partial charge in [0.1, 0.15) is 0 Å². The molecule has 2 aromatic rings. The van der Waals surface area contributed by atoms with Crippen LogP contribution in [-0.2, 0) is 23.6 Å². The third-order valence-electron chi connectivity index (χ3n) is 2.93. The molecule has 0 unspecified atom stereocenters. The van der Waals surface area contributed by atoms with Gasteiger partial charge in [0.05, 0.1) is 11.4 Å². The molecule has 1 aromatic carbocycles. The van der Waals surface area contributed by atoms with Gasteiger partial charge in [-0.1, -0.05) is 22.0 Å². The normalized spacial score (nSPS) is 11.7. The Morgan fingerprint density at radius 3 is 2.68 bits per heavy atom. The topological polar surface area (TPSA) is 51.1 Å². The molecule has 0 atom stereocenters. The average molecular weight is 343 g/mol. The van der Waals surface area contributed by atoms with Gasteiger partial charge in [0.15, 0.2) is 0 Å². The molecule has 1 heterocycles. The molecule has 1 N–H and O–H groups in total. The number of sulfonamides is 1. The third kappa shape index (κ3) is 3.26. The Hall–Kier alpha value is -1.11. The van der Waals surface area contributed by atoms with Gasteiger partial charge in [0.25, 0.3) is 0 Å². The highest BCUT2D eigenvalue weighted by Gasteiger charge is 2.17. The van der Waals surface area contributed by atoms with E-state index in [4.69, 9.17) is 0 Å². The van der Waals surface area contributed by atoms with E-state index in [1.165, 1.54) is 0 Å². The highest BCUT2D eigenvalue weighted by atomic mass is 79.9. The van der Waals surface area contributed by atoms with Crippen molar-refractivity contribution in [3.63, 3.8) is 0 Å². The van der Waals surface area contributed by atoms with E-state index >= 15 is 0 Å². The van der Waals surface area contributed by atoms with E-state index < -0.39 is 10.0 Å². The predicted molar refractivity (Wildman–Crippen MR) is 78.3 cm³/mol. The molecule has 0 spiro atoms. The van der Waals surface area contributed by atoms with Gasteiger partial charge in [-0.05, 0) is 36.8 Å². The summed E-state index contributed by atoms with van der Waals surface area (Å²) < 4.78 is 29.8. The maximum atomic E-state index is 12.3. The van der Waals surface area contributed by atoms with Crippen molar-refractivity contribution in [1.82, 2.24) is 9.29 Å². The van der Waals surface area contributed by atoms with Crippen LogP contribution >= 0.6 is 15.9 Å². The molecule has 0 aliphatic heterocycles. The number of benzene rings is 1. The van der Waals surface area contributed by atoms with Crippen molar-refractivity contribution in [2.75, 3.05) is 0 Å². The molecule has 0 bridgehead atoms. The maximum absolute atomic E-state index is 12.3. The zero-order chi connectivity index (χ0) is 14.0. The number of aryl methyl sites for hydroxylation is 2. The highest BCUT2D eigenvalue weighted by Crippen LogP contribution is 2.20. The summed E-state index contributed by atoms with van der Waals surface area (Å²) in [6, 6.07) is 8.99. The summed E-state index contributed by atoms with van der Waals surface area (Å²) >= 11 is 3.29. The summed E-state index contributed by atoms with van der Waals surface area (Å²) in [5, 5.41) is 0. The summed E-state index contributed by atoms with van der Waals surface area (Å²) in [6.07, 6.45) is 1.88. The molecule has 102 valence electrons. The fourth-order valence-corrected chi connectivity index (χ4v) is 3.57. The molecule has 1 aromatic heterocycles. The molecule has 0 amide bonds. The number of hydrogen-bond donors (Lipinski definition) is 1. The van der Waals surface area contributed by atoms with E-state index in [2.05, 4.69) is 20.7 Å². The lowest BCUT2D eigenvalue weighted by atomic mass is 10.2. The smallest absolute Gasteiger partial charge is 0.241 e. The standard InChI is InChI=1S/C13H15BrN2O2S/c1-10-5-6-11(14)8-13(10)19(17,18)15-9-12-4-3-7-16(12)2/h3-8,15H,9H2,1-2H3. The van der Waals surface area contributed by atoms with Crippen LogP contribution in [-0.4, -0.2) is 13.0 Å². The van der Waals surface area contributed by atoms with Gasteiger partial charge in [-0.15, -0.1) is 0 Å². The average Bonchev–Trinajstić information content (AvgIpc) is 2.75. The number of nitrogens with zero attached hydrogens (tertiary/aromatic N) is 1. The van der Waals surface area contributed by atoms with E-state index in [0.717, 1.165) is 15.7 Å². The van der Waals surface area contributed by atoms with E-state index in [-0.39, 0.29) is 6.54 Å². The van der Waals surface area contributed by atoms with Crippen molar-refractivity contribution in [3.05, 3.63) is 52.3 Å². The molecule has 0 saturated heterocycles. The molecule has 0 saturated carbocycles. The van der Waals surface area contributed by atoms with Crippen molar-refractivity contribution in [3.8, 4) is 0 Å². The first kappa shape index (κ1) is 14.3. The largest absolute Gasteiger partial charge is 0.353 e. The van der Waals surface area contributed by atoms with Crippen LogP contribution in [0.1, 0.15) is 11.3 Å². The Kier molecular flexibility index (Phi) is 4.13. The minimum absolute atomic E-state index is 0.276. The first-order chi connectivity index (χ1) is 8.90. The van der Waals surface area contributed by atoms with Crippen LogP contribution in [0.25, 0.3) is 0 Å². The van der Waals surface area contributed by atoms with Gasteiger partial charge >= 0.3 is 0 Å². The Bertz CT molecular complexity index is 692. The van der Waals surface area contributed by atoms with Gasteiger partial charge in [-0.25, -0.2) is 13.1 Å². The van der Waals surface area contributed by atoms with Crippen molar-refractivity contribution < 1.29 is 8.42 Å². The van der Waals surface area contributed by atoms with Crippen LogP contribution in [0.5, 0.6) is 0 Å². The fourth-order valence-electron chi connectivity index (χ4n) is 1.79. The number of aromatic nitrogens is 1. The van der Waals surface area contributed by atoms with E-state index in [1.807, 2.05) is 36.0 Å². The van der Waals surface area contributed by atoms with Gasteiger partial charge < -0.3 is 4.57 Å². The monoisotopic (exact) mass is 342 g/mol. The lowest BCUT2D eigenvalue weighted by Crippen LogP contribution is -2.25. The lowest BCUT2D eigenvalue weighted by Gasteiger charge is -2.10. The fraction of sp³-hybridized carbons (Fsp3) is 0.231. The molecule has 0 radical (unpaired) electrons. The second-order valence-electron chi connectivity index (χ2n) is 4.34. The van der Waals surface area contributed by atoms with Crippen molar-refractivity contribution >= 4 is 26.0 Å². The third-order valence-corrected chi connectivity index (χ3v) is 4.97. The Morgan fingerprint density at radius 2 is 2.05 bits per heavy atom. The van der Waals surface area contributed by atoms with Gasteiger partial charge in [-0.3, -0.25) is 0 Å². The molecule has 19 heavy (non-hydrogen) atoms. The van der Waals surface area contributed by atoms with E-state index in [1.54, 1.807) is 19.1 Å². The molecule has 0 aliphatic rings. The number of rotatable bonds is 4. The summed E-state index contributed by atoms with van der Waals surface area (Å²) in [4.78, 5) is 0.302. The summed E-state index contributed by atoms with van der Waals surface area (Å²) in [7, 11) is -1.62. The SMILES string of the molecule is Cc1ccc(Br)cc1S(=O)(=O)NCc1cccn1C. The molecule has 6 heteroatoms. The van der Waals surface area contributed by atoms with Gasteiger partial charge in [-0.2, -0.15) is 0 Å². The Balaban J connectivity index is 2.23. The zero-order valence-corrected chi connectivity index (χ0v) is 13.1. The Labute approximate surface area is 121 Å². The van der Waals surface area contributed by atoms with Crippen LogP contribution < -0.4 is 4.72 Å². The molecule has 0 fully saturated rings. The summed E-state index contributed by atoms with van der Waals surface area (Å²) in [5.74, 6) is 0. The van der Waals surface area contributed by atoms with E-state index in [0.29, 0.717) is 4.90 Å². The molecule has 0 aliphatic carbocycles. The lowest BCUT2D eigenvalue weighted by molar-refractivity contribution is 0.578. The molecule has 4 nitrogen and oxygen atoms in total. The molecule has 2 rings (SSSR count). The zero-order valence-electron chi connectivity index (χ0n) is 10.7. The first-order valence-electron chi connectivity index (χ1n) is 5.76. The number of hydrogen-bond acceptors (Lipinski definition) is 2. The van der Waals surface area contributed by atoms with E-state index in [9.17, 15) is 8.42 Å². The minimum atomic E-state index is -3.50. The van der Waals surface area contributed by atoms with Crippen molar-refractivity contribution in [2.24, 2.45) is 7.05 Å². The predicted octanol–water partition coefficient (Wildman–Crippen LogP) is 2.57.